The van der Waals surface area contributed by atoms with Gasteiger partial charge < -0.3 is 5.73 Å². The summed E-state index contributed by atoms with van der Waals surface area (Å²) in [5.41, 5.74) is 6.39. The Hall–Kier alpha value is -1.34. The Kier molecular flexibility index (Phi) is 4.19. The minimum Gasteiger partial charge on any atom is -0.320 e. The van der Waals surface area contributed by atoms with Gasteiger partial charge in [-0.2, -0.15) is 18.3 Å². The molecular formula is C13H13BrF3N3. The van der Waals surface area contributed by atoms with E-state index in [0.717, 1.165) is 12.1 Å². The fourth-order valence-electron chi connectivity index (χ4n) is 1.85. The van der Waals surface area contributed by atoms with E-state index >= 15 is 0 Å². The minimum atomic E-state index is -4.39. The first-order chi connectivity index (χ1) is 9.32. The third kappa shape index (κ3) is 3.04. The van der Waals surface area contributed by atoms with Gasteiger partial charge in [0.2, 0.25) is 0 Å². The maximum Gasteiger partial charge on any atom is 0.416 e. The molecule has 0 amide bonds. The lowest BCUT2D eigenvalue weighted by Crippen LogP contribution is -2.14. The first-order valence-corrected chi connectivity index (χ1v) is 6.76. The molecule has 2 aromatic rings. The lowest BCUT2D eigenvalue weighted by Gasteiger charge is -2.15. The van der Waals surface area contributed by atoms with Crippen LogP contribution in [-0.2, 0) is 12.7 Å². The molecule has 1 aromatic carbocycles. The van der Waals surface area contributed by atoms with E-state index in [2.05, 4.69) is 21.0 Å². The molecule has 0 radical (unpaired) electrons. The van der Waals surface area contributed by atoms with E-state index in [1.165, 1.54) is 6.07 Å². The molecule has 3 nitrogen and oxygen atoms in total. The second-order valence-corrected chi connectivity index (χ2v) is 5.20. The summed E-state index contributed by atoms with van der Waals surface area (Å²) >= 11 is 3.24. The van der Waals surface area contributed by atoms with Gasteiger partial charge in [0.15, 0.2) is 0 Å². The Morgan fingerprint density at radius 2 is 2.10 bits per heavy atom. The van der Waals surface area contributed by atoms with Crippen LogP contribution in [0.5, 0.6) is 0 Å². The summed E-state index contributed by atoms with van der Waals surface area (Å²) in [5, 5.41) is 4.08. The van der Waals surface area contributed by atoms with Crippen molar-refractivity contribution in [3.63, 3.8) is 0 Å². The largest absolute Gasteiger partial charge is 0.416 e. The standard InChI is InChI=1S/C13H13BrF3N3/c1-2-20-7-8(6-19-20)12(18)10-5-9(13(15,16)17)3-4-11(10)14/h3-7,12H,2,18H2,1H3. The van der Waals surface area contributed by atoms with Crippen LogP contribution in [0.2, 0.25) is 0 Å². The fraction of sp³-hybridized carbons (Fsp3) is 0.308. The second-order valence-electron chi connectivity index (χ2n) is 4.34. The molecular weight excluding hydrogens is 335 g/mol. The summed E-state index contributed by atoms with van der Waals surface area (Å²) in [4.78, 5) is 0. The van der Waals surface area contributed by atoms with Crippen molar-refractivity contribution in [2.24, 2.45) is 5.73 Å². The Labute approximate surface area is 122 Å². The summed E-state index contributed by atoms with van der Waals surface area (Å²) in [6.45, 7) is 2.60. The average Bonchev–Trinajstić information content (AvgIpc) is 2.86. The summed E-state index contributed by atoms with van der Waals surface area (Å²) in [6, 6.07) is 2.79. The Morgan fingerprint density at radius 1 is 1.40 bits per heavy atom. The molecule has 20 heavy (non-hydrogen) atoms. The highest BCUT2D eigenvalue weighted by Gasteiger charge is 2.31. The Morgan fingerprint density at radius 3 is 2.65 bits per heavy atom. The molecule has 2 N–H and O–H groups in total. The molecule has 0 saturated carbocycles. The SMILES string of the molecule is CCn1cc(C(N)c2cc(C(F)(F)F)ccc2Br)cn1. The molecule has 0 saturated heterocycles. The Balaban J connectivity index is 2.40. The maximum atomic E-state index is 12.8. The van der Waals surface area contributed by atoms with Gasteiger partial charge in [0.1, 0.15) is 0 Å². The zero-order valence-corrected chi connectivity index (χ0v) is 12.2. The summed E-state index contributed by atoms with van der Waals surface area (Å²) in [5.74, 6) is 0. The van der Waals surface area contributed by atoms with E-state index in [4.69, 9.17) is 5.73 Å². The van der Waals surface area contributed by atoms with E-state index in [0.29, 0.717) is 22.1 Å². The van der Waals surface area contributed by atoms with Crippen LogP contribution in [0.4, 0.5) is 13.2 Å². The topological polar surface area (TPSA) is 43.8 Å². The zero-order valence-electron chi connectivity index (χ0n) is 10.7. The van der Waals surface area contributed by atoms with E-state index < -0.39 is 17.8 Å². The normalized spacial score (nSPS) is 13.5. The summed E-state index contributed by atoms with van der Waals surface area (Å²) in [6.07, 6.45) is -1.08. The van der Waals surface area contributed by atoms with Gasteiger partial charge in [-0.1, -0.05) is 15.9 Å². The lowest BCUT2D eigenvalue weighted by atomic mass is 10.0. The van der Waals surface area contributed by atoms with E-state index in [1.54, 1.807) is 17.1 Å². The van der Waals surface area contributed by atoms with Crippen molar-refractivity contribution in [2.75, 3.05) is 0 Å². The van der Waals surface area contributed by atoms with Crippen molar-refractivity contribution in [2.45, 2.75) is 25.7 Å². The molecule has 0 aliphatic heterocycles. The molecule has 0 aliphatic rings. The minimum absolute atomic E-state index is 0.385. The van der Waals surface area contributed by atoms with Crippen molar-refractivity contribution in [1.82, 2.24) is 9.78 Å². The van der Waals surface area contributed by atoms with Crippen molar-refractivity contribution >= 4 is 15.9 Å². The highest BCUT2D eigenvalue weighted by molar-refractivity contribution is 9.10. The van der Waals surface area contributed by atoms with Crippen molar-refractivity contribution in [3.05, 3.63) is 51.8 Å². The van der Waals surface area contributed by atoms with E-state index in [-0.39, 0.29) is 0 Å². The van der Waals surface area contributed by atoms with Crippen LogP contribution in [-0.4, -0.2) is 9.78 Å². The van der Waals surface area contributed by atoms with Crippen LogP contribution in [0.15, 0.2) is 35.1 Å². The maximum absolute atomic E-state index is 12.8. The monoisotopic (exact) mass is 347 g/mol. The number of aromatic nitrogens is 2. The van der Waals surface area contributed by atoms with Crippen molar-refractivity contribution in [3.8, 4) is 0 Å². The van der Waals surface area contributed by atoms with Gasteiger partial charge in [0.05, 0.1) is 17.8 Å². The first-order valence-electron chi connectivity index (χ1n) is 5.97. The number of aryl methyl sites for hydroxylation is 1. The fourth-order valence-corrected chi connectivity index (χ4v) is 2.34. The van der Waals surface area contributed by atoms with Gasteiger partial charge in [-0.25, -0.2) is 0 Å². The number of hydrogen-bond acceptors (Lipinski definition) is 2. The number of alkyl halides is 3. The Bertz CT molecular complexity index is 607. The highest BCUT2D eigenvalue weighted by atomic mass is 79.9. The van der Waals surface area contributed by atoms with Gasteiger partial charge in [-0.15, -0.1) is 0 Å². The van der Waals surface area contributed by atoms with Crippen LogP contribution >= 0.6 is 15.9 Å². The van der Waals surface area contributed by atoms with Gasteiger partial charge in [-0.05, 0) is 30.7 Å². The molecule has 0 aliphatic carbocycles. The summed E-state index contributed by atoms with van der Waals surface area (Å²) in [7, 11) is 0. The van der Waals surface area contributed by atoms with Crippen molar-refractivity contribution in [1.29, 1.82) is 0 Å². The number of benzene rings is 1. The quantitative estimate of drug-likeness (QED) is 0.919. The highest BCUT2D eigenvalue weighted by Crippen LogP contribution is 2.34. The number of nitrogens with two attached hydrogens (primary N) is 1. The third-order valence-corrected chi connectivity index (χ3v) is 3.72. The van der Waals surface area contributed by atoms with Gasteiger partial charge >= 0.3 is 6.18 Å². The molecule has 1 atom stereocenters. The molecule has 0 fully saturated rings. The molecule has 1 aromatic heterocycles. The average molecular weight is 348 g/mol. The lowest BCUT2D eigenvalue weighted by molar-refractivity contribution is -0.137. The van der Waals surface area contributed by atoms with Crippen LogP contribution in [0.25, 0.3) is 0 Å². The van der Waals surface area contributed by atoms with Crippen LogP contribution in [0, 0.1) is 0 Å². The zero-order chi connectivity index (χ0) is 14.9. The number of halogens is 4. The molecule has 108 valence electrons. The second kappa shape index (κ2) is 5.57. The molecule has 7 heteroatoms. The molecule has 0 bridgehead atoms. The predicted molar refractivity (Wildman–Crippen MR) is 73.1 cm³/mol. The first kappa shape index (κ1) is 15.1. The summed E-state index contributed by atoms with van der Waals surface area (Å²) < 4.78 is 40.5. The van der Waals surface area contributed by atoms with Crippen molar-refractivity contribution < 1.29 is 13.2 Å². The third-order valence-electron chi connectivity index (χ3n) is 2.99. The van der Waals surface area contributed by atoms with E-state index in [9.17, 15) is 13.2 Å². The molecule has 1 heterocycles. The van der Waals surface area contributed by atoms with Gasteiger partial charge in [0, 0.05) is 22.8 Å². The van der Waals surface area contributed by atoms with E-state index in [1.807, 2.05) is 6.92 Å². The molecule has 0 spiro atoms. The van der Waals surface area contributed by atoms with Gasteiger partial charge in [0.25, 0.3) is 0 Å². The number of nitrogens with zero attached hydrogens (tertiary/aromatic N) is 2. The smallest absolute Gasteiger partial charge is 0.320 e. The van der Waals surface area contributed by atoms with Crippen LogP contribution < -0.4 is 5.73 Å². The molecule has 1 unspecified atom stereocenters. The van der Waals surface area contributed by atoms with Crippen LogP contribution in [0.1, 0.15) is 29.7 Å². The predicted octanol–water partition coefficient (Wildman–Crippen LogP) is 3.73. The number of hydrogen-bond donors (Lipinski definition) is 1. The van der Waals surface area contributed by atoms with Crippen LogP contribution in [0.3, 0.4) is 0 Å². The number of rotatable bonds is 3. The molecule has 2 rings (SSSR count). The van der Waals surface area contributed by atoms with Gasteiger partial charge in [-0.3, -0.25) is 4.68 Å².